The van der Waals surface area contributed by atoms with Gasteiger partial charge in [0.05, 0.1) is 0 Å². The Labute approximate surface area is 101 Å². The average Bonchev–Trinajstić information content (AvgIpc) is 2.52. The van der Waals surface area contributed by atoms with Gasteiger partial charge in [0, 0.05) is 12.1 Å². The van der Waals surface area contributed by atoms with Crippen LogP contribution in [0.4, 0.5) is 0 Å². The molecule has 2 aliphatic rings. The molecule has 0 amide bonds. The van der Waals surface area contributed by atoms with Crippen molar-refractivity contribution in [2.45, 2.75) is 83.7 Å². The van der Waals surface area contributed by atoms with E-state index < -0.39 is 0 Å². The summed E-state index contributed by atoms with van der Waals surface area (Å²) in [6, 6.07) is 1.67. The molecule has 3 atom stereocenters. The lowest BCUT2D eigenvalue weighted by Crippen LogP contribution is -2.42. The van der Waals surface area contributed by atoms with Crippen LogP contribution in [-0.4, -0.2) is 12.1 Å². The monoisotopic (exact) mass is 223 g/mol. The lowest BCUT2D eigenvalue weighted by atomic mass is 9.79. The van der Waals surface area contributed by atoms with Gasteiger partial charge in [-0.05, 0) is 43.9 Å². The van der Waals surface area contributed by atoms with E-state index in [0.717, 1.165) is 23.9 Å². The molecular weight excluding hydrogens is 194 g/mol. The first kappa shape index (κ1) is 12.4. The minimum atomic E-state index is 0.828. The summed E-state index contributed by atoms with van der Waals surface area (Å²) in [4.78, 5) is 0. The zero-order valence-corrected chi connectivity index (χ0v) is 11.2. The molecule has 0 aliphatic heterocycles. The summed E-state index contributed by atoms with van der Waals surface area (Å²) in [5, 5.41) is 3.95. The summed E-state index contributed by atoms with van der Waals surface area (Å²) in [5.74, 6) is 1.88. The van der Waals surface area contributed by atoms with Gasteiger partial charge in [-0.15, -0.1) is 0 Å². The zero-order chi connectivity index (χ0) is 11.4. The van der Waals surface area contributed by atoms with E-state index in [-0.39, 0.29) is 0 Å². The molecule has 2 aliphatic carbocycles. The maximum Gasteiger partial charge on any atom is 0.00723 e. The van der Waals surface area contributed by atoms with Crippen molar-refractivity contribution >= 4 is 0 Å². The highest BCUT2D eigenvalue weighted by Gasteiger charge is 2.26. The summed E-state index contributed by atoms with van der Waals surface area (Å²) in [5.41, 5.74) is 0. The molecule has 0 aromatic rings. The van der Waals surface area contributed by atoms with Crippen molar-refractivity contribution in [3.8, 4) is 0 Å². The van der Waals surface area contributed by atoms with Crippen LogP contribution in [0.15, 0.2) is 0 Å². The maximum absolute atomic E-state index is 3.95. The molecule has 0 heterocycles. The third-order valence-corrected chi connectivity index (χ3v) is 4.92. The third-order valence-electron chi connectivity index (χ3n) is 4.92. The summed E-state index contributed by atoms with van der Waals surface area (Å²) in [6.07, 6.45) is 13.0. The molecule has 16 heavy (non-hydrogen) atoms. The van der Waals surface area contributed by atoms with Crippen LogP contribution in [0.5, 0.6) is 0 Å². The van der Waals surface area contributed by atoms with Gasteiger partial charge in [-0.25, -0.2) is 0 Å². The van der Waals surface area contributed by atoms with Crippen LogP contribution < -0.4 is 5.32 Å². The van der Waals surface area contributed by atoms with Crippen LogP contribution in [0, 0.1) is 11.8 Å². The molecule has 1 heteroatoms. The van der Waals surface area contributed by atoms with Gasteiger partial charge in [-0.1, -0.05) is 39.5 Å². The van der Waals surface area contributed by atoms with E-state index >= 15 is 0 Å². The molecule has 0 spiro atoms. The Balaban J connectivity index is 1.75. The van der Waals surface area contributed by atoms with E-state index in [9.17, 15) is 0 Å². The van der Waals surface area contributed by atoms with Crippen LogP contribution in [-0.2, 0) is 0 Å². The molecule has 0 bridgehead atoms. The van der Waals surface area contributed by atoms with Crippen LogP contribution >= 0.6 is 0 Å². The van der Waals surface area contributed by atoms with Crippen molar-refractivity contribution in [3.63, 3.8) is 0 Å². The Morgan fingerprint density at radius 2 is 1.38 bits per heavy atom. The first-order valence-corrected chi connectivity index (χ1v) is 7.51. The highest BCUT2D eigenvalue weighted by Crippen LogP contribution is 2.30. The molecule has 2 fully saturated rings. The highest BCUT2D eigenvalue weighted by molar-refractivity contribution is 4.83. The quantitative estimate of drug-likeness (QED) is 0.694. The van der Waals surface area contributed by atoms with Gasteiger partial charge in [-0.3, -0.25) is 0 Å². The van der Waals surface area contributed by atoms with Gasteiger partial charge in [0.1, 0.15) is 0 Å². The smallest absolute Gasteiger partial charge is 0.00723 e. The molecule has 2 saturated carbocycles. The van der Waals surface area contributed by atoms with E-state index in [4.69, 9.17) is 0 Å². The number of rotatable bonds is 2. The molecule has 2 rings (SSSR count). The van der Waals surface area contributed by atoms with E-state index in [2.05, 4.69) is 19.2 Å². The summed E-state index contributed by atoms with van der Waals surface area (Å²) < 4.78 is 0. The van der Waals surface area contributed by atoms with Gasteiger partial charge in [-0.2, -0.15) is 0 Å². The van der Waals surface area contributed by atoms with Crippen molar-refractivity contribution in [3.05, 3.63) is 0 Å². The molecule has 0 aromatic heterocycles. The van der Waals surface area contributed by atoms with Gasteiger partial charge in [0.2, 0.25) is 0 Å². The van der Waals surface area contributed by atoms with E-state index in [1.165, 1.54) is 57.8 Å². The summed E-state index contributed by atoms with van der Waals surface area (Å²) in [7, 11) is 0. The summed E-state index contributed by atoms with van der Waals surface area (Å²) >= 11 is 0. The Kier molecular flexibility index (Phi) is 4.69. The predicted molar refractivity (Wildman–Crippen MR) is 70.6 cm³/mol. The molecular formula is C15H29N. The molecule has 0 saturated heterocycles. The molecule has 94 valence electrons. The molecule has 1 N–H and O–H groups in total. The average molecular weight is 223 g/mol. The van der Waals surface area contributed by atoms with Crippen molar-refractivity contribution in [1.82, 2.24) is 5.32 Å². The second kappa shape index (κ2) is 6.05. The SMILES string of the molecule is CC1CCC(NC2CCCCCC2)CC1C. The summed E-state index contributed by atoms with van der Waals surface area (Å²) in [6.45, 7) is 4.86. The van der Waals surface area contributed by atoms with Crippen LogP contribution in [0.2, 0.25) is 0 Å². The number of hydrogen-bond acceptors (Lipinski definition) is 1. The lowest BCUT2D eigenvalue weighted by Gasteiger charge is -2.35. The van der Waals surface area contributed by atoms with E-state index in [1.54, 1.807) is 0 Å². The first-order chi connectivity index (χ1) is 7.75. The van der Waals surface area contributed by atoms with Gasteiger partial charge in [0.25, 0.3) is 0 Å². The Bertz CT molecular complexity index is 194. The maximum atomic E-state index is 3.95. The van der Waals surface area contributed by atoms with Crippen molar-refractivity contribution in [2.75, 3.05) is 0 Å². The minimum absolute atomic E-state index is 0.828. The Morgan fingerprint density at radius 1 is 0.688 bits per heavy atom. The van der Waals surface area contributed by atoms with Crippen LogP contribution in [0.1, 0.15) is 71.6 Å². The fourth-order valence-corrected chi connectivity index (χ4v) is 3.48. The number of hydrogen-bond donors (Lipinski definition) is 1. The van der Waals surface area contributed by atoms with Crippen LogP contribution in [0.3, 0.4) is 0 Å². The molecule has 3 unspecified atom stereocenters. The largest absolute Gasteiger partial charge is 0.311 e. The molecule has 0 aromatic carbocycles. The van der Waals surface area contributed by atoms with E-state index in [1.807, 2.05) is 0 Å². The fraction of sp³-hybridized carbons (Fsp3) is 1.00. The molecule has 1 nitrogen and oxygen atoms in total. The molecule has 0 radical (unpaired) electrons. The van der Waals surface area contributed by atoms with Crippen molar-refractivity contribution < 1.29 is 0 Å². The Morgan fingerprint density at radius 3 is 2.00 bits per heavy atom. The standard InChI is InChI=1S/C15H29N/c1-12-9-10-15(11-13(12)2)16-14-7-5-3-4-6-8-14/h12-16H,3-11H2,1-2H3. The number of nitrogens with one attached hydrogen (secondary N) is 1. The second-order valence-electron chi connectivity index (χ2n) is 6.32. The second-order valence-corrected chi connectivity index (χ2v) is 6.32. The Hall–Kier alpha value is -0.0400. The van der Waals surface area contributed by atoms with Crippen molar-refractivity contribution in [2.24, 2.45) is 11.8 Å². The minimum Gasteiger partial charge on any atom is -0.311 e. The van der Waals surface area contributed by atoms with E-state index in [0.29, 0.717) is 0 Å². The zero-order valence-electron chi connectivity index (χ0n) is 11.2. The normalized spacial score (nSPS) is 38.2. The van der Waals surface area contributed by atoms with Gasteiger partial charge >= 0.3 is 0 Å². The third kappa shape index (κ3) is 3.48. The highest BCUT2D eigenvalue weighted by atomic mass is 15.0. The topological polar surface area (TPSA) is 12.0 Å². The first-order valence-electron chi connectivity index (χ1n) is 7.51. The van der Waals surface area contributed by atoms with Crippen LogP contribution in [0.25, 0.3) is 0 Å². The predicted octanol–water partition coefficient (Wildman–Crippen LogP) is 4.12. The fourth-order valence-electron chi connectivity index (χ4n) is 3.48. The van der Waals surface area contributed by atoms with Crippen molar-refractivity contribution in [1.29, 1.82) is 0 Å². The van der Waals surface area contributed by atoms with Gasteiger partial charge in [0.15, 0.2) is 0 Å². The van der Waals surface area contributed by atoms with Gasteiger partial charge < -0.3 is 5.32 Å². The lowest BCUT2D eigenvalue weighted by molar-refractivity contribution is 0.210.